The van der Waals surface area contributed by atoms with E-state index in [0.29, 0.717) is 18.0 Å². The third-order valence-electron chi connectivity index (χ3n) is 6.00. The molecule has 182 valence electrons. The highest BCUT2D eigenvalue weighted by atomic mass is 19.1. The fourth-order valence-corrected chi connectivity index (χ4v) is 4.10. The molecule has 0 bridgehead atoms. The van der Waals surface area contributed by atoms with Crippen LogP contribution in [0.4, 0.5) is 4.39 Å². The monoisotopic (exact) mass is 486 g/mol. The van der Waals surface area contributed by atoms with Gasteiger partial charge in [0.15, 0.2) is 11.2 Å². The molecule has 0 aliphatic carbocycles. The maximum absolute atomic E-state index is 13.7. The number of benzene rings is 3. The molecule has 0 aliphatic heterocycles. The van der Waals surface area contributed by atoms with E-state index in [2.05, 4.69) is 4.98 Å². The van der Waals surface area contributed by atoms with Crippen molar-refractivity contribution in [2.75, 3.05) is 14.2 Å². The highest BCUT2D eigenvalue weighted by molar-refractivity contribution is 5.72. The summed E-state index contributed by atoms with van der Waals surface area (Å²) in [6, 6.07) is 20.1. The third-order valence-corrected chi connectivity index (χ3v) is 6.00. The van der Waals surface area contributed by atoms with Crippen LogP contribution in [0.15, 0.2) is 88.7 Å². The number of fused-ring (bicyclic) bond motifs is 1. The number of nitrogens with zero attached hydrogens (tertiary/aromatic N) is 4. The number of aromatic nitrogens is 4. The van der Waals surface area contributed by atoms with Gasteiger partial charge >= 0.3 is 5.69 Å². The molecule has 3 aromatic carbocycles. The van der Waals surface area contributed by atoms with Gasteiger partial charge in [-0.2, -0.15) is 0 Å². The molecule has 0 atom stereocenters. The molecule has 9 heteroatoms. The highest BCUT2D eigenvalue weighted by Gasteiger charge is 2.20. The Balaban J connectivity index is 1.69. The minimum Gasteiger partial charge on any atom is -0.497 e. The quantitative estimate of drug-likeness (QED) is 0.351. The van der Waals surface area contributed by atoms with E-state index in [1.807, 2.05) is 24.3 Å². The molecule has 2 heterocycles. The lowest BCUT2D eigenvalue weighted by Gasteiger charge is -2.13. The van der Waals surface area contributed by atoms with Gasteiger partial charge in [0, 0.05) is 6.54 Å². The lowest BCUT2D eigenvalue weighted by Crippen LogP contribution is -2.40. The van der Waals surface area contributed by atoms with Crippen molar-refractivity contribution in [3.63, 3.8) is 0 Å². The van der Waals surface area contributed by atoms with Gasteiger partial charge in [0.25, 0.3) is 5.56 Å². The zero-order chi connectivity index (χ0) is 25.2. The maximum Gasteiger partial charge on any atom is 0.337 e. The van der Waals surface area contributed by atoms with Gasteiger partial charge in [-0.1, -0.05) is 24.3 Å². The Labute approximate surface area is 205 Å². The smallest absolute Gasteiger partial charge is 0.337 e. The molecule has 0 fully saturated rings. The van der Waals surface area contributed by atoms with Crippen LogP contribution in [0.25, 0.3) is 16.9 Å². The zero-order valence-electron chi connectivity index (χ0n) is 19.7. The summed E-state index contributed by atoms with van der Waals surface area (Å²) in [6.07, 6.45) is 1.54. The molecule has 5 aromatic rings. The van der Waals surface area contributed by atoms with Crippen LogP contribution in [0, 0.1) is 5.82 Å². The van der Waals surface area contributed by atoms with E-state index >= 15 is 0 Å². The molecule has 8 nitrogen and oxygen atoms in total. The summed E-state index contributed by atoms with van der Waals surface area (Å²) >= 11 is 0. The second-order valence-electron chi connectivity index (χ2n) is 8.23. The van der Waals surface area contributed by atoms with E-state index in [1.54, 1.807) is 43.1 Å². The Hall–Kier alpha value is -4.66. The summed E-state index contributed by atoms with van der Waals surface area (Å²) < 4.78 is 28.3. The SMILES string of the molecule is COc1ccc(Cn2c(=O)c3c(ncn3Cc3ccc(OC)cc3)n(-c3ccc(F)cc3)c2=O)cc1. The first-order chi connectivity index (χ1) is 17.5. The normalized spacial score (nSPS) is 11.1. The Morgan fingerprint density at radius 1 is 0.778 bits per heavy atom. The first-order valence-electron chi connectivity index (χ1n) is 11.2. The van der Waals surface area contributed by atoms with E-state index in [1.165, 1.54) is 39.7 Å². The van der Waals surface area contributed by atoms with Crippen LogP contribution in [0.3, 0.4) is 0 Å². The van der Waals surface area contributed by atoms with Crippen LogP contribution >= 0.6 is 0 Å². The van der Waals surface area contributed by atoms with E-state index in [4.69, 9.17) is 9.47 Å². The van der Waals surface area contributed by atoms with E-state index in [-0.39, 0.29) is 17.7 Å². The summed E-state index contributed by atoms with van der Waals surface area (Å²) in [5, 5.41) is 0. The van der Waals surface area contributed by atoms with Gasteiger partial charge in [-0.25, -0.2) is 18.7 Å². The van der Waals surface area contributed by atoms with Crippen molar-refractivity contribution >= 4 is 11.2 Å². The van der Waals surface area contributed by atoms with Crippen LogP contribution in [0.1, 0.15) is 11.1 Å². The summed E-state index contributed by atoms with van der Waals surface area (Å²) in [5.74, 6) is 0.962. The summed E-state index contributed by atoms with van der Waals surface area (Å²) in [6.45, 7) is 0.409. The van der Waals surface area contributed by atoms with Crippen molar-refractivity contribution in [3.05, 3.63) is 117 Å². The van der Waals surface area contributed by atoms with Crippen molar-refractivity contribution in [1.29, 1.82) is 0 Å². The minimum absolute atomic E-state index is 0.0481. The number of ether oxygens (including phenoxy) is 2. The minimum atomic E-state index is -0.565. The van der Waals surface area contributed by atoms with Crippen molar-refractivity contribution in [1.82, 2.24) is 18.7 Å². The molecule has 5 rings (SSSR count). The molecule has 0 N–H and O–H groups in total. The van der Waals surface area contributed by atoms with E-state index in [9.17, 15) is 14.0 Å². The molecular formula is C27H23FN4O4. The lowest BCUT2D eigenvalue weighted by atomic mass is 10.2. The summed E-state index contributed by atoms with van der Waals surface area (Å²) in [7, 11) is 3.16. The number of hydrogen-bond donors (Lipinski definition) is 0. The van der Waals surface area contributed by atoms with Gasteiger partial charge in [0.2, 0.25) is 0 Å². The maximum atomic E-state index is 13.7. The van der Waals surface area contributed by atoms with Crippen LogP contribution in [-0.4, -0.2) is 32.9 Å². The standard InChI is InChI=1S/C27H23FN4O4/c1-35-22-11-3-18(4-12-22)15-30-17-29-25-24(30)26(33)31(16-19-5-13-23(36-2)14-6-19)27(34)32(25)21-9-7-20(28)8-10-21/h3-14,17H,15-16H2,1-2H3. The number of rotatable bonds is 7. The summed E-state index contributed by atoms with van der Waals surface area (Å²) in [5.41, 5.74) is 1.53. The molecular weight excluding hydrogens is 463 g/mol. The first kappa shape index (κ1) is 23.1. The molecule has 0 spiro atoms. The van der Waals surface area contributed by atoms with Gasteiger partial charge < -0.3 is 14.0 Å². The summed E-state index contributed by atoms with van der Waals surface area (Å²) in [4.78, 5) is 31.7. The third kappa shape index (κ3) is 4.26. The Morgan fingerprint density at radius 3 is 1.89 bits per heavy atom. The van der Waals surface area contributed by atoms with Crippen molar-refractivity contribution < 1.29 is 13.9 Å². The van der Waals surface area contributed by atoms with E-state index in [0.717, 1.165) is 16.9 Å². The fraction of sp³-hybridized carbons (Fsp3) is 0.148. The molecule has 36 heavy (non-hydrogen) atoms. The zero-order valence-corrected chi connectivity index (χ0v) is 19.7. The van der Waals surface area contributed by atoms with Gasteiger partial charge in [0.05, 0.1) is 32.8 Å². The predicted molar refractivity (Wildman–Crippen MR) is 134 cm³/mol. The topological polar surface area (TPSA) is 80.3 Å². The molecule has 0 amide bonds. The van der Waals surface area contributed by atoms with Crippen LogP contribution in [0.2, 0.25) is 0 Å². The van der Waals surface area contributed by atoms with E-state index < -0.39 is 17.1 Å². The Kier molecular flexibility index (Phi) is 6.12. The lowest BCUT2D eigenvalue weighted by molar-refractivity contribution is 0.414. The Morgan fingerprint density at radius 2 is 1.33 bits per heavy atom. The highest BCUT2D eigenvalue weighted by Crippen LogP contribution is 2.18. The largest absolute Gasteiger partial charge is 0.497 e. The molecule has 0 saturated heterocycles. The molecule has 0 aliphatic rings. The number of hydrogen-bond acceptors (Lipinski definition) is 5. The molecule has 0 saturated carbocycles. The van der Waals surface area contributed by atoms with Gasteiger partial charge in [0.1, 0.15) is 17.3 Å². The van der Waals surface area contributed by atoms with Crippen LogP contribution < -0.4 is 20.7 Å². The fourth-order valence-electron chi connectivity index (χ4n) is 4.10. The van der Waals surface area contributed by atoms with Gasteiger partial charge in [-0.05, 0) is 59.7 Å². The van der Waals surface area contributed by atoms with Crippen LogP contribution in [0.5, 0.6) is 11.5 Å². The Bertz CT molecular complexity index is 1630. The molecule has 0 radical (unpaired) electrons. The molecule has 2 aromatic heterocycles. The first-order valence-corrected chi connectivity index (χ1v) is 11.2. The molecule has 0 unspecified atom stereocenters. The number of halogens is 1. The number of imidazole rings is 1. The van der Waals surface area contributed by atoms with Crippen molar-refractivity contribution in [2.24, 2.45) is 0 Å². The second-order valence-corrected chi connectivity index (χ2v) is 8.23. The van der Waals surface area contributed by atoms with Crippen LogP contribution in [-0.2, 0) is 13.1 Å². The average Bonchev–Trinajstić information content (AvgIpc) is 3.31. The van der Waals surface area contributed by atoms with Crippen molar-refractivity contribution in [2.45, 2.75) is 13.1 Å². The van der Waals surface area contributed by atoms with Gasteiger partial charge in [-0.3, -0.25) is 9.36 Å². The predicted octanol–water partition coefficient (Wildman–Crippen LogP) is 3.60. The average molecular weight is 487 g/mol. The second kappa shape index (κ2) is 9.53. The van der Waals surface area contributed by atoms with Gasteiger partial charge in [-0.15, -0.1) is 0 Å². The number of methoxy groups -OCH3 is 2. The van der Waals surface area contributed by atoms with Crippen molar-refractivity contribution in [3.8, 4) is 17.2 Å².